The summed E-state index contributed by atoms with van der Waals surface area (Å²) in [5.41, 5.74) is 4.65. The first-order valence-corrected chi connectivity index (χ1v) is 12.8. The van der Waals surface area contributed by atoms with E-state index in [1.54, 1.807) is 0 Å². The molecule has 172 valence electrons. The van der Waals surface area contributed by atoms with Crippen LogP contribution in [0.4, 0.5) is 0 Å². The largest absolute Gasteiger partial charge is 0.494 e. The Kier molecular flexibility index (Phi) is 7.09. The molecule has 0 heterocycles. The van der Waals surface area contributed by atoms with Gasteiger partial charge in [-0.3, -0.25) is 0 Å². The van der Waals surface area contributed by atoms with Crippen molar-refractivity contribution in [3.05, 3.63) is 53.1 Å². The molecule has 0 radical (unpaired) electrons. The third-order valence-corrected chi connectivity index (χ3v) is 8.35. The second-order valence-corrected chi connectivity index (χ2v) is 10.2. The zero-order valence-corrected chi connectivity index (χ0v) is 20.3. The summed E-state index contributed by atoms with van der Waals surface area (Å²) < 4.78 is 5.70. The number of nitriles is 2. The van der Waals surface area contributed by atoms with Crippen LogP contribution in [0.3, 0.4) is 0 Å². The molecule has 2 bridgehead atoms. The molecule has 3 saturated carbocycles. The number of fused-ring (bicyclic) bond motifs is 3. The van der Waals surface area contributed by atoms with Crippen molar-refractivity contribution in [3.63, 3.8) is 0 Å². The Morgan fingerprint density at radius 3 is 2.03 bits per heavy atom. The molecule has 33 heavy (non-hydrogen) atoms. The van der Waals surface area contributed by atoms with Gasteiger partial charge in [0.15, 0.2) is 0 Å². The Morgan fingerprint density at radius 1 is 0.788 bits per heavy atom. The first-order chi connectivity index (χ1) is 16.1. The van der Waals surface area contributed by atoms with Crippen LogP contribution in [0.15, 0.2) is 36.4 Å². The van der Waals surface area contributed by atoms with E-state index in [9.17, 15) is 10.5 Å². The minimum absolute atomic E-state index is 0.0690. The Labute approximate surface area is 199 Å². The van der Waals surface area contributed by atoms with Gasteiger partial charge in [0.2, 0.25) is 0 Å². The van der Waals surface area contributed by atoms with E-state index in [-0.39, 0.29) is 5.41 Å². The lowest BCUT2D eigenvalue weighted by atomic mass is 9.50. The molecule has 3 heteroatoms. The van der Waals surface area contributed by atoms with Gasteiger partial charge in [-0.25, -0.2) is 0 Å². The summed E-state index contributed by atoms with van der Waals surface area (Å²) in [6.07, 6.45) is 13.6. The van der Waals surface area contributed by atoms with Gasteiger partial charge in [0.1, 0.15) is 17.9 Å². The van der Waals surface area contributed by atoms with E-state index in [1.165, 1.54) is 44.9 Å². The molecular formula is C30H36N2O. The fraction of sp³-hybridized carbons (Fsp3) is 0.533. The summed E-state index contributed by atoms with van der Waals surface area (Å²) in [5.74, 6) is 0.835. The van der Waals surface area contributed by atoms with Gasteiger partial charge in [0.05, 0.1) is 17.7 Å². The normalized spacial score (nSPS) is 23.6. The van der Waals surface area contributed by atoms with Crippen molar-refractivity contribution in [1.29, 1.82) is 10.5 Å². The third-order valence-electron chi connectivity index (χ3n) is 8.35. The second kappa shape index (κ2) is 10.0. The number of unbranched alkanes of at least 4 members (excludes halogenated alkanes) is 2. The highest BCUT2D eigenvalue weighted by molar-refractivity contribution is 5.75. The smallest absolute Gasteiger partial charge is 0.119 e. The van der Waals surface area contributed by atoms with Crippen LogP contribution in [0, 0.1) is 28.1 Å². The Hall–Kier alpha value is -2.78. The van der Waals surface area contributed by atoms with Crippen LogP contribution in [0.1, 0.15) is 101 Å². The van der Waals surface area contributed by atoms with Crippen molar-refractivity contribution in [3.8, 4) is 29.0 Å². The van der Waals surface area contributed by atoms with Crippen molar-refractivity contribution < 1.29 is 4.74 Å². The molecule has 5 rings (SSSR count). The molecule has 3 aliphatic carbocycles. The van der Waals surface area contributed by atoms with Crippen LogP contribution in [0.5, 0.6) is 5.75 Å². The van der Waals surface area contributed by atoms with Crippen molar-refractivity contribution in [2.75, 3.05) is 6.61 Å². The lowest BCUT2D eigenvalue weighted by molar-refractivity contribution is 0.0304. The number of hydrogen-bond acceptors (Lipinski definition) is 3. The summed E-state index contributed by atoms with van der Waals surface area (Å²) in [6, 6.07) is 16.9. The molecule has 0 aliphatic heterocycles. The van der Waals surface area contributed by atoms with Crippen LogP contribution < -0.4 is 4.74 Å². The van der Waals surface area contributed by atoms with Crippen molar-refractivity contribution in [2.45, 2.75) is 89.9 Å². The average Bonchev–Trinajstić information content (AvgIpc) is 2.88. The summed E-state index contributed by atoms with van der Waals surface area (Å²) in [4.78, 5) is 0. The van der Waals surface area contributed by atoms with Crippen molar-refractivity contribution in [2.24, 2.45) is 5.41 Å². The number of nitrogens with zero attached hydrogens (tertiary/aromatic N) is 2. The fourth-order valence-corrected chi connectivity index (χ4v) is 6.26. The number of benzene rings is 2. The number of ether oxygens (including phenoxy) is 1. The summed E-state index contributed by atoms with van der Waals surface area (Å²) >= 11 is 0. The SMILES string of the molecule is CCCCCC12CCC(c3ccc(-c4ccc(OCCC)cc4)c(C#N)c3C#N)(CC1)CC2. The standard InChI is InChI=1S/C30H36N2O/c1-3-5-6-13-29-14-17-30(18-15-29,19-16-29)28-12-11-25(26(21-31)27(28)22-32)23-7-9-24(10-8-23)33-20-4-2/h7-12H,3-6,13-20H2,1-2H3. The molecule has 0 saturated heterocycles. The molecule has 2 aromatic rings. The van der Waals surface area contributed by atoms with Crippen molar-refractivity contribution >= 4 is 0 Å². The summed E-state index contributed by atoms with van der Waals surface area (Å²) in [5, 5.41) is 20.3. The van der Waals surface area contributed by atoms with E-state index in [0.29, 0.717) is 23.1 Å². The first kappa shape index (κ1) is 23.4. The molecule has 2 aromatic carbocycles. The minimum Gasteiger partial charge on any atom is -0.494 e. The van der Waals surface area contributed by atoms with Crippen molar-refractivity contribution in [1.82, 2.24) is 0 Å². The van der Waals surface area contributed by atoms with E-state index < -0.39 is 0 Å². The monoisotopic (exact) mass is 440 g/mol. The predicted molar refractivity (Wildman–Crippen MR) is 133 cm³/mol. The molecule has 0 spiro atoms. The Bertz CT molecular complexity index is 1030. The molecule has 3 nitrogen and oxygen atoms in total. The molecule has 0 unspecified atom stereocenters. The van der Waals surface area contributed by atoms with Gasteiger partial charge in [0.25, 0.3) is 0 Å². The minimum atomic E-state index is 0.0690. The molecule has 0 amide bonds. The van der Waals surface area contributed by atoms with Crippen LogP contribution in [0.2, 0.25) is 0 Å². The first-order valence-electron chi connectivity index (χ1n) is 12.8. The molecule has 3 fully saturated rings. The van der Waals surface area contributed by atoms with Crippen LogP contribution in [-0.4, -0.2) is 6.61 Å². The maximum atomic E-state index is 10.2. The highest BCUT2D eigenvalue weighted by atomic mass is 16.5. The van der Waals surface area contributed by atoms with Crippen LogP contribution in [0.25, 0.3) is 11.1 Å². The number of hydrogen-bond donors (Lipinski definition) is 0. The predicted octanol–water partition coefficient (Wildman–Crippen LogP) is 8.06. The zero-order chi connectivity index (χ0) is 23.3. The van der Waals surface area contributed by atoms with Gasteiger partial charge in [-0.15, -0.1) is 0 Å². The van der Waals surface area contributed by atoms with Gasteiger partial charge < -0.3 is 4.74 Å². The molecule has 0 N–H and O–H groups in total. The quantitative estimate of drug-likeness (QED) is 0.370. The second-order valence-electron chi connectivity index (χ2n) is 10.2. The van der Waals surface area contributed by atoms with Gasteiger partial charge in [0, 0.05) is 5.56 Å². The molecule has 0 aromatic heterocycles. The van der Waals surface area contributed by atoms with E-state index >= 15 is 0 Å². The zero-order valence-electron chi connectivity index (χ0n) is 20.3. The van der Waals surface area contributed by atoms with Gasteiger partial charge in [-0.1, -0.05) is 57.4 Å². The van der Waals surface area contributed by atoms with Gasteiger partial charge in [-0.2, -0.15) is 10.5 Å². The maximum Gasteiger partial charge on any atom is 0.119 e. The highest BCUT2D eigenvalue weighted by Crippen LogP contribution is 2.60. The third kappa shape index (κ3) is 4.52. The molecule has 3 aliphatic rings. The maximum absolute atomic E-state index is 10.2. The van der Waals surface area contributed by atoms with E-state index in [2.05, 4.69) is 38.1 Å². The van der Waals surface area contributed by atoms with Gasteiger partial charge >= 0.3 is 0 Å². The van der Waals surface area contributed by atoms with Crippen LogP contribution >= 0.6 is 0 Å². The van der Waals surface area contributed by atoms with Crippen LogP contribution in [-0.2, 0) is 5.41 Å². The lowest BCUT2D eigenvalue weighted by Crippen LogP contribution is -2.44. The summed E-state index contributed by atoms with van der Waals surface area (Å²) in [6.45, 7) is 5.06. The highest BCUT2D eigenvalue weighted by Gasteiger charge is 2.49. The Morgan fingerprint density at radius 2 is 1.45 bits per heavy atom. The fourth-order valence-electron chi connectivity index (χ4n) is 6.26. The lowest BCUT2D eigenvalue weighted by Gasteiger charge is -2.54. The topological polar surface area (TPSA) is 56.8 Å². The summed E-state index contributed by atoms with van der Waals surface area (Å²) in [7, 11) is 0. The van der Waals surface area contributed by atoms with E-state index in [0.717, 1.165) is 48.1 Å². The van der Waals surface area contributed by atoms with Gasteiger partial charge in [-0.05, 0) is 85.5 Å². The number of rotatable bonds is 9. The Balaban J connectivity index is 1.62. The van der Waals surface area contributed by atoms with E-state index in [1.807, 2.05) is 24.3 Å². The molecular weight excluding hydrogens is 404 g/mol. The molecule has 0 atom stereocenters. The average molecular weight is 441 g/mol. The van der Waals surface area contributed by atoms with E-state index in [4.69, 9.17) is 4.74 Å².